The fourth-order valence-electron chi connectivity index (χ4n) is 8.42. The zero-order valence-corrected chi connectivity index (χ0v) is 47.1. The van der Waals surface area contributed by atoms with Gasteiger partial charge >= 0.3 is 17.9 Å². The third-order valence-electron chi connectivity index (χ3n) is 12.6. The largest absolute Gasteiger partial charge is 0.508 e. The molecule has 0 atom stereocenters. The highest BCUT2D eigenvalue weighted by atomic mass is 16.6. The molecule has 0 unspecified atom stereocenters. The normalized spacial score (nSPS) is 10.7. The van der Waals surface area contributed by atoms with Gasteiger partial charge in [0.25, 0.3) is 11.8 Å². The van der Waals surface area contributed by atoms with E-state index in [1.807, 2.05) is 66.7 Å². The highest BCUT2D eigenvalue weighted by molar-refractivity contribution is 5.99. The van der Waals surface area contributed by atoms with E-state index < -0.39 is 36.0 Å². The van der Waals surface area contributed by atoms with Crippen LogP contribution in [0.1, 0.15) is 74.1 Å². The summed E-state index contributed by atoms with van der Waals surface area (Å²) in [7, 11) is 3.16. The number of aliphatic carboxylic acids is 1. The summed E-state index contributed by atoms with van der Waals surface area (Å²) in [6, 6.07) is 57.1. The zero-order valence-electron chi connectivity index (χ0n) is 47.1. The predicted molar refractivity (Wildman–Crippen MR) is 318 cm³/mol. The second kappa shape index (κ2) is 29.2. The number of benzene rings is 8. The monoisotopic (exact) mass is 1130 g/mol. The van der Waals surface area contributed by atoms with E-state index in [0.717, 1.165) is 33.6 Å². The number of carbonyl (C=O) groups excluding carboxylic acids is 6. The van der Waals surface area contributed by atoms with Gasteiger partial charge in [0.05, 0.1) is 32.6 Å². The maximum Gasteiger partial charge on any atom is 0.343 e. The molecular weight excluding hydrogens is 1070 g/mol. The van der Waals surface area contributed by atoms with E-state index in [-0.39, 0.29) is 61.5 Å². The number of carbonyl (C=O) groups is 7. The van der Waals surface area contributed by atoms with Crippen LogP contribution in [-0.2, 0) is 49.8 Å². The van der Waals surface area contributed by atoms with Crippen molar-refractivity contribution in [1.82, 2.24) is 9.80 Å². The van der Waals surface area contributed by atoms with Crippen LogP contribution in [0.25, 0.3) is 11.1 Å². The van der Waals surface area contributed by atoms with Gasteiger partial charge in [0.2, 0.25) is 11.8 Å². The molecule has 0 aliphatic heterocycles. The number of rotatable bonds is 21. The summed E-state index contributed by atoms with van der Waals surface area (Å²) in [6.07, 6.45) is 0.359. The Hall–Kier alpha value is -10.6. The van der Waals surface area contributed by atoms with Crippen LogP contribution in [0.3, 0.4) is 0 Å². The third kappa shape index (κ3) is 19.0. The van der Waals surface area contributed by atoms with Crippen LogP contribution < -0.4 is 24.8 Å². The maximum atomic E-state index is 13.3. The van der Waals surface area contributed by atoms with Crippen molar-refractivity contribution in [3.8, 4) is 34.1 Å². The Balaban J connectivity index is 0.000000248. The van der Waals surface area contributed by atoms with E-state index in [4.69, 9.17) is 18.9 Å². The number of anilines is 2. The van der Waals surface area contributed by atoms with E-state index in [0.29, 0.717) is 39.6 Å². The van der Waals surface area contributed by atoms with Gasteiger partial charge < -0.3 is 49.6 Å². The first-order valence-electron chi connectivity index (χ1n) is 26.6. The minimum absolute atomic E-state index is 0.0145. The van der Waals surface area contributed by atoms with Crippen molar-refractivity contribution in [2.75, 3.05) is 37.9 Å². The Morgan fingerprint density at radius 2 is 0.845 bits per heavy atom. The quantitative estimate of drug-likeness (QED) is 0.0388. The summed E-state index contributed by atoms with van der Waals surface area (Å²) in [5.41, 5.74) is 6.47. The van der Waals surface area contributed by atoms with Crippen LogP contribution in [0, 0.1) is 0 Å². The van der Waals surface area contributed by atoms with Gasteiger partial charge in [-0.15, -0.1) is 0 Å². The molecule has 8 aromatic rings. The lowest BCUT2D eigenvalue weighted by atomic mass is 10.0. The number of amides is 4. The van der Waals surface area contributed by atoms with Crippen LogP contribution in [0.2, 0.25) is 0 Å². The highest BCUT2D eigenvalue weighted by Gasteiger charge is 2.24. The Morgan fingerprint density at radius 1 is 0.452 bits per heavy atom. The first-order chi connectivity index (χ1) is 40.3. The van der Waals surface area contributed by atoms with Gasteiger partial charge in [0.15, 0.2) is 0 Å². The lowest BCUT2D eigenvalue weighted by Crippen LogP contribution is -2.38. The van der Waals surface area contributed by atoms with Gasteiger partial charge in [-0.2, -0.15) is 0 Å². The minimum Gasteiger partial charge on any atom is -0.508 e. The molecule has 17 heteroatoms. The standard InChI is InChI=1S/C38H32N2O7.C29H32N2O6/c1-46-33-19-7-26(8-20-33)23-35(41)39-32-17-15-30(16-18-32)37(44)40(25-36(42)43)24-27-9-21-34(22-10-27)47-38(45)31-13-11-29(12-14-31)28-5-3-2-4-6-28;1-29(2,3)37-27(34)19-31(18-21-5-13-24(32)14-6-21)28(35)22-9-11-23(12-10-22)30-26(33)17-20-7-15-25(36-4)16-8-20/h2-22H,23-25H2,1H3,(H,39,41)(H,42,43);5-16,32H,17-19H2,1-4H3,(H,30,33). The first kappa shape index (κ1) is 61.1. The molecule has 84 heavy (non-hydrogen) atoms. The predicted octanol–water partition coefficient (Wildman–Crippen LogP) is 11.1. The van der Waals surface area contributed by atoms with Crippen molar-refractivity contribution in [1.29, 1.82) is 0 Å². The van der Waals surface area contributed by atoms with E-state index >= 15 is 0 Å². The second-order valence-corrected chi connectivity index (χ2v) is 20.2. The molecule has 4 N–H and O–H groups in total. The average Bonchev–Trinajstić information content (AvgIpc) is 3.63. The van der Waals surface area contributed by atoms with Crippen molar-refractivity contribution in [2.24, 2.45) is 0 Å². The number of nitrogens with one attached hydrogen (secondary N) is 2. The summed E-state index contributed by atoms with van der Waals surface area (Å²) in [5.74, 6) is -1.63. The molecule has 8 aromatic carbocycles. The molecule has 0 fully saturated rings. The van der Waals surface area contributed by atoms with Crippen LogP contribution in [0.5, 0.6) is 23.0 Å². The molecule has 0 aliphatic rings. The number of nitrogens with zero attached hydrogens (tertiary/aromatic N) is 2. The molecule has 0 heterocycles. The molecule has 8 rings (SSSR count). The molecule has 17 nitrogen and oxygen atoms in total. The Bertz CT molecular complexity index is 3510. The van der Waals surface area contributed by atoms with Gasteiger partial charge in [-0.1, -0.05) is 91.0 Å². The van der Waals surface area contributed by atoms with Gasteiger partial charge in [0.1, 0.15) is 41.7 Å². The summed E-state index contributed by atoms with van der Waals surface area (Å²) in [6.45, 7) is 4.70. The number of carboxylic acid groups (broad SMARTS) is 1. The molecule has 0 aliphatic carbocycles. The smallest absolute Gasteiger partial charge is 0.343 e. The van der Waals surface area contributed by atoms with Gasteiger partial charge in [-0.05, 0) is 163 Å². The van der Waals surface area contributed by atoms with Crippen LogP contribution in [0.4, 0.5) is 11.4 Å². The number of ether oxygens (including phenoxy) is 4. The van der Waals surface area contributed by atoms with Crippen LogP contribution in [0.15, 0.2) is 200 Å². The summed E-state index contributed by atoms with van der Waals surface area (Å²) >= 11 is 0. The van der Waals surface area contributed by atoms with Crippen molar-refractivity contribution in [3.63, 3.8) is 0 Å². The second-order valence-electron chi connectivity index (χ2n) is 20.2. The topological polar surface area (TPSA) is 227 Å². The zero-order chi connectivity index (χ0) is 60.2. The van der Waals surface area contributed by atoms with Gasteiger partial charge in [-0.25, -0.2) is 4.79 Å². The number of phenols is 1. The highest BCUT2D eigenvalue weighted by Crippen LogP contribution is 2.23. The number of esters is 2. The van der Waals surface area contributed by atoms with Crippen molar-refractivity contribution >= 4 is 52.9 Å². The molecule has 430 valence electrons. The lowest BCUT2D eigenvalue weighted by Gasteiger charge is -2.25. The van der Waals surface area contributed by atoms with E-state index in [1.54, 1.807) is 144 Å². The number of carboxylic acids is 1. The Kier molecular flexibility index (Phi) is 21.3. The Morgan fingerprint density at radius 3 is 1.27 bits per heavy atom. The SMILES string of the molecule is COc1ccc(CC(=O)Nc2ccc(C(=O)N(CC(=O)O)Cc3ccc(OC(=O)c4ccc(-c5ccccc5)cc4)cc3)cc2)cc1.COc1ccc(CC(=O)Nc2ccc(C(=O)N(CC(=O)OC(C)(C)C)Cc3ccc(O)cc3)cc2)cc1. The molecule has 0 spiro atoms. The molecule has 4 amide bonds. The third-order valence-corrected chi connectivity index (χ3v) is 12.6. The molecule has 0 saturated carbocycles. The fourth-order valence-corrected chi connectivity index (χ4v) is 8.42. The van der Waals surface area contributed by atoms with Crippen LogP contribution in [-0.4, -0.2) is 94.5 Å². The lowest BCUT2D eigenvalue weighted by molar-refractivity contribution is -0.155. The van der Waals surface area contributed by atoms with E-state index in [2.05, 4.69) is 10.6 Å². The number of hydrogen-bond donors (Lipinski definition) is 4. The molecule has 0 saturated heterocycles. The average molecular weight is 1130 g/mol. The molecule has 0 radical (unpaired) electrons. The number of hydrogen-bond acceptors (Lipinski definition) is 12. The number of phenolic OH excluding ortho intramolecular Hbond substituents is 1. The fraction of sp³-hybridized carbons (Fsp3) is 0.179. The first-order valence-corrected chi connectivity index (χ1v) is 26.6. The van der Waals surface area contributed by atoms with Crippen molar-refractivity contribution < 1.29 is 62.7 Å². The summed E-state index contributed by atoms with van der Waals surface area (Å²) < 4.78 is 21.2. The Labute approximate surface area is 487 Å². The van der Waals surface area contributed by atoms with Crippen LogP contribution >= 0.6 is 0 Å². The number of methoxy groups -OCH3 is 2. The maximum absolute atomic E-state index is 13.3. The van der Waals surface area contributed by atoms with Crippen molar-refractivity contribution in [2.45, 2.75) is 52.3 Å². The summed E-state index contributed by atoms with van der Waals surface area (Å²) in [5, 5.41) is 24.7. The molecular formula is C67H64N4O13. The summed E-state index contributed by atoms with van der Waals surface area (Å²) in [4.78, 5) is 90.9. The van der Waals surface area contributed by atoms with Gasteiger partial charge in [-0.3, -0.25) is 28.8 Å². The van der Waals surface area contributed by atoms with Gasteiger partial charge in [0, 0.05) is 35.6 Å². The number of aromatic hydroxyl groups is 1. The molecule has 0 bridgehead atoms. The van der Waals surface area contributed by atoms with E-state index in [1.165, 1.54) is 34.1 Å². The molecule has 0 aromatic heterocycles. The van der Waals surface area contributed by atoms with E-state index in [9.17, 15) is 43.8 Å². The van der Waals surface area contributed by atoms with Crippen molar-refractivity contribution in [3.05, 3.63) is 239 Å². The minimum atomic E-state index is -1.16.